The summed E-state index contributed by atoms with van der Waals surface area (Å²) in [6.45, 7) is 10.1. The van der Waals surface area contributed by atoms with Crippen molar-refractivity contribution in [3.05, 3.63) is 69.9 Å². The minimum atomic E-state index is -3.98. The third-order valence-electron chi connectivity index (χ3n) is 6.51. The van der Waals surface area contributed by atoms with Crippen LogP contribution in [0.1, 0.15) is 44.3 Å². The first-order valence-corrected chi connectivity index (χ1v) is 14.9. The van der Waals surface area contributed by atoms with Gasteiger partial charge in [-0.25, -0.2) is 17.9 Å². The van der Waals surface area contributed by atoms with E-state index in [0.717, 1.165) is 18.5 Å². The molecule has 0 spiro atoms. The Bertz CT molecular complexity index is 1630. The number of nitrogens with one attached hydrogen (secondary N) is 2. The van der Waals surface area contributed by atoms with E-state index < -0.39 is 10.0 Å². The van der Waals surface area contributed by atoms with Crippen LogP contribution in [0, 0.1) is 6.92 Å². The predicted octanol–water partition coefficient (Wildman–Crippen LogP) is 3.36. The second kappa shape index (κ2) is 12.6. The summed E-state index contributed by atoms with van der Waals surface area (Å²) in [6, 6.07) is 11.6. The summed E-state index contributed by atoms with van der Waals surface area (Å²) in [6.07, 6.45) is 1.46. The standard InChI is InChI=1S/C28H36N6O5S/c1-5-8-25-29-19(4)26-28(36)30-27(31-34(25)26)23-17-22(13-14-24(23)39-7-3)40(37,38)32-21-11-9-20(10-12-21)18-33(6-2)15-16-35/h9-14,17,32,35H,5-8,15-16,18H2,1-4H3,(H,30,31,36). The van der Waals surface area contributed by atoms with Crippen molar-refractivity contribution in [2.45, 2.75) is 52.0 Å². The molecule has 4 rings (SSSR count). The van der Waals surface area contributed by atoms with Crippen molar-refractivity contribution in [3.63, 3.8) is 0 Å². The first-order chi connectivity index (χ1) is 19.2. The fourth-order valence-corrected chi connectivity index (χ4v) is 5.61. The lowest BCUT2D eigenvalue weighted by Gasteiger charge is -2.19. The van der Waals surface area contributed by atoms with Crippen molar-refractivity contribution in [2.24, 2.45) is 0 Å². The molecule has 0 aliphatic carbocycles. The number of aromatic amines is 1. The molecule has 0 saturated carbocycles. The van der Waals surface area contributed by atoms with E-state index in [-0.39, 0.29) is 22.9 Å². The van der Waals surface area contributed by atoms with Crippen LogP contribution in [0.5, 0.6) is 5.75 Å². The molecule has 0 radical (unpaired) electrons. The van der Waals surface area contributed by atoms with Gasteiger partial charge in [0.25, 0.3) is 15.6 Å². The lowest BCUT2D eigenvalue weighted by Crippen LogP contribution is -2.26. The molecule has 0 aliphatic rings. The maximum atomic E-state index is 13.4. The highest BCUT2D eigenvalue weighted by Crippen LogP contribution is 2.31. The Kier molecular flexibility index (Phi) is 9.23. The maximum Gasteiger partial charge on any atom is 0.277 e. The molecule has 0 bridgehead atoms. The van der Waals surface area contributed by atoms with E-state index in [1.54, 1.807) is 25.1 Å². The lowest BCUT2D eigenvalue weighted by atomic mass is 10.2. The number of imidazole rings is 1. The van der Waals surface area contributed by atoms with Gasteiger partial charge in [-0.15, -0.1) is 5.10 Å². The van der Waals surface area contributed by atoms with Crippen molar-refractivity contribution < 1.29 is 18.3 Å². The number of aliphatic hydroxyl groups excluding tert-OH is 1. The molecule has 214 valence electrons. The average molecular weight is 569 g/mol. The van der Waals surface area contributed by atoms with Crippen LogP contribution in [-0.2, 0) is 23.0 Å². The molecular formula is C28H36N6O5S. The van der Waals surface area contributed by atoms with E-state index in [1.165, 1.54) is 16.6 Å². The van der Waals surface area contributed by atoms with Crippen LogP contribution in [0.4, 0.5) is 5.69 Å². The highest BCUT2D eigenvalue weighted by Gasteiger charge is 2.21. The number of anilines is 1. The van der Waals surface area contributed by atoms with Gasteiger partial charge in [-0.2, -0.15) is 0 Å². The number of fused-ring (bicyclic) bond motifs is 1. The number of aryl methyl sites for hydroxylation is 2. The number of ether oxygens (including phenoxy) is 1. The number of H-pyrrole nitrogens is 1. The van der Waals surface area contributed by atoms with E-state index in [9.17, 15) is 18.3 Å². The highest BCUT2D eigenvalue weighted by molar-refractivity contribution is 7.92. The molecule has 0 unspecified atom stereocenters. The third kappa shape index (κ3) is 6.35. The van der Waals surface area contributed by atoms with Gasteiger partial charge >= 0.3 is 0 Å². The van der Waals surface area contributed by atoms with E-state index in [2.05, 4.69) is 24.7 Å². The SMILES string of the molecule is CCCc1nc(C)c2c(=O)[nH]c(-c3cc(S(=O)(=O)Nc4ccc(CN(CC)CCO)cc4)ccc3OCC)nn12. The molecule has 12 heteroatoms. The van der Waals surface area contributed by atoms with Crippen molar-refractivity contribution in [3.8, 4) is 17.1 Å². The number of hydrogen-bond acceptors (Lipinski definition) is 8. The number of nitrogens with zero attached hydrogens (tertiary/aromatic N) is 4. The van der Waals surface area contributed by atoms with E-state index in [0.29, 0.717) is 60.2 Å². The Morgan fingerprint density at radius 2 is 1.88 bits per heavy atom. The molecule has 2 aromatic heterocycles. The van der Waals surface area contributed by atoms with Gasteiger partial charge in [0.05, 0.1) is 29.4 Å². The second-order valence-corrected chi connectivity index (χ2v) is 11.1. The largest absolute Gasteiger partial charge is 0.493 e. The molecule has 0 saturated heterocycles. The summed E-state index contributed by atoms with van der Waals surface area (Å²) in [5.74, 6) is 1.23. The first-order valence-electron chi connectivity index (χ1n) is 13.4. The molecule has 40 heavy (non-hydrogen) atoms. The van der Waals surface area contributed by atoms with Crippen LogP contribution in [-0.4, -0.2) is 64.3 Å². The minimum absolute atomic E-state index is 0.00604. The van der Waals surface area contributed by atoms with Gasteiger partial charge in [0.2, 0.25) is 0 Å². The van der Waals surface area contributed by atoms with Crippen LogP contribution < -0.4 is 15.0 Å². The highest BCUT2D eigenvalue weighted by atomic mass is 32.2. The van der Waals surface area contributed by atoms with Gasteiger partial charge in [-0.05, 0) is 62.7 Å². The van der Waals surface area contributed by atoms with Gasteiger partial charge in [0.1, 0.15) is 11.6 Å². The van der Waals surface area contributed by atoms with E-state index in [1.807, 2.05) is 32.9 Å². The summed E-state index contributed by atoms with van der Waals surface area (Å²) >= 11 is 0. The quantitative estimate of drug-likeness (QED) is 0.223. The van der Waals surface area contributed by atoms with Crippen LogP contribution in [0.2, 0.25) is 0 Å². The van der Waals surface area contributed by atoms with Crippen molar-refractivity contribution in [2.75, 3.05) is 31.0 Å². The number of aliphatic hydroxyl groups is 1. The number of hydrogen-bond donors (Lipinski definition) is 3. The third-order valence-corrected chi connectivity index (χ3v) is 7.89. The number of sulfonamides is 1. The molecule has 0 amide bonds. The summed E-state index contributed by atoms with van der Waals surface area (Å²) in [5.41, 5.74) is 2.33. The van der Waals surface area contributed by atoms with Crippen LogP contribution in [0.3, 0.4) is 0 Å². The summed E-state index contributed by atoms with van der Waals surface area (Å²) in [4.78, 5) is 22.4. The molecular weight excluding hydrogens is 532 g/mol. The Hall–Kier alpha value is -3.74. The maximum absolute atomic E-state index is 13.4. The summed E-state index contributed by atoms with van der Waals surface area (Å²) < 4.78 is 36.7. The Labute approximate surface area is 233 Å². The van der Waals surface area contributed by atoms with Gasteiger partial charge in [0.15, 0.2) is 11.3 Å². The molecule has 3 N–H and O–H groups in total. The zero-order chi connectivity index (χ0) is 28.9. The monoisotopic (exact) mass is 568 g/mol. The van der Waals surface area contributed by atoms with Crippen LogP contribution in [0.15, 0.2) is 52.2 Å². The normalized spacial score (nSPS) is 11.8. The molecule has 4 aromatic rings. The van der Waals surface area contributed by atoms with Gasteiger partial charge in [-0.3, -0.25) is 14.4 Å². The number of benzene rings is 2. The topological polar surface area (TPSA) is 142 Å². The van der Waals surface area contributed by atoms with Gasteiger partial charge in [0, 0.05) is 25.2 Å². The fraction of sp³-hybridized carbons (Fsp3) is 0.393. The van der Waals surface area contributed by atoms with E-state index in [4.69, 9.17) is 4.74 Å². The predicted molar refractivity (Wildman–Crippen MR) is 154 cm³/mol. The van der Waals surface area contributed by atoms with Crippen LogP contribution >= 0.6 is 0 Å². The minimum Gasteiger partial charge on any atom is -0.493 e. The Balaban J connectivity index is 1.68. The molecule has 0 aliphatic heterocycles. The van der Waals surface area contributed by atoms with Crippen LogP contribution in [0.25, 0.3) is 16.9 Å². The van der Waals surface area contributed by atoms with Crippen molar-refractivity contribution >= 4 is 21.2 Å². The summed E-state index contributed by atoms with van der Waals surface area (Å²) in [5, 5.41) is 13.8. The van der Waals surface area contributed by atoms with Gasteiger partial charge < -0.3 is 14.8 Å². The average Bonchev–Trinajstić information content (AvgIpc) is 3.25. The smallest absolute Gasteiger partial charge is 0.277 e. The molecule has 0 atom stereocenters. The lowest BCUT2D eigenvalue weighted by molar-refractivity contribution is 0.197. The Morgan fingerprint density at radius 1 is 1.12 bits per heavy atom. The molecule has 0 fully saturated rings. The van der Waals surface area contributed by atoms with Gasteiger partial charge in [-0.1, -0.05) is 26.0 Å². The molecule has 11 nitrogen and oxygen atoms in total. The second-order valence-electron chi connectivity index (χ2n) is 9.41. The fourth-order valence-electron chi connectivity index (χ4n) is 4.53. The zero-order valence-electron chi connectivity index (χ0n) is 23.3. The first kappa shape index (κ1) is 29.2. The molecule has 2 heterocycles. The Morgan fingerprint density at radius 3 is 2.52 bits per heavy atom. The summed E-state index contributed by atoms with van der Waals surface area (Å²) in [7, 11) is -3.98. The number of likely N-dealkylation sites (N-methyl/N-ethyl adjacent to an activating group) is 1. The number of aromatic nitrogens is 4. The van der Waals surface area contributed by atoms with E-state index >= 15 is 0 Å². The van der Waals surface area contributed by atoms with Crippen molar-refractivity contribution in [1.82, 2.24) is 24.5 Å². The van der Waals surface area contributed by atoms with Crippen molar-refractivity contribution in [1.29, 1.82) is 0 Å². The number of rotatable bonds is 13. The molecule has 2 aromatic carbocycles. The zero-order valence-corrected chi connectivity index (χ0v) is 24.1.